The Labute approximate surface area is 145 Å². The van der Waals surface area contributed by atoms with Crippen LogP contribution >= 0.6 is 0 Å². The van der Waals surface area contributed by atoms with E-state index in [0.717, 1.165) is 0 Å². The zero-order chi connectivity index (χ0) is 18.0. The van der Waals surface area contributed by atoms with E-state index < -0.39 is 12.2 Å². The van der Waals surface area contributed by atoms with E-state index in [-0.39, 0.29) is 17.7 Å². The molecule has 2 heterocycles. The number of hydrogen-bond acceptors (Lipinski definition) is 6. The maximum atomic E-state index is 11.3. The molecule has 1 amide bonds. The van der Waals surface area contributed by atoms with E-state index in [2.05, 4.69) is 9.97 Å². The largest absolute Gasteiger partial charge is 0.481 e. The van der Waals surface area contributed by atoms with Crippen molar-refractivity contribution >= 4 is 16.9 Å². The van der Waals surface area contributed by atoms with Crippen LogP contribution in [0, 0.1) is 11.8 Å². The third-order valence-corrected chi connectivity index (χ3v) is 5.10. The fourth-order valence-corrected chi connectivity index (χ4v) is 3.57. The summed E-state index contributed by atoms with van der Waals surface area (Å²) in [5.74, 6) is -0.0805. The van der Waals surface area contributed by atoms with Crippen molar-refractivity contribution in [2.75, 3.05) is 7.11 Å². The van der Waals surface area contributed by atoms with Gasteiger partial charge in [-0.2, -0.15) is 0 Å². The summed E-state index contributed by atoms with van der Waals surface area (Å²) in [5, 5.41) is 21.4. The van der Waals surface area contributed by atoms with E-state index in [4.69, 9.17) is 10.5 Å². The molecule has 134 valence electrons. The van der Waals surface area contributed by atoms with Gasteiger partial charge in [-0.25, -0.2) is 4.98 Å². The van der Waals surface area contributed by atoms with Crippen LogP contribution < -0.4 is 10.5 Å². The molecule has 0 spiro atoms. The molecule has 0 aliphatic heterocycles. The molecule has 7 heteroatoms. The molecule has 4 N–H and O–H groups in total. The Kier molecular flexibility index (Phi) is 5.15. The van der Waals surface area contributed by atoms with Crippen LogP contribution in [0.3, 0.4) is 0 Å². The van der Waals surface area contributed by atoms with Crippen molar-refractivity contribution in [2.45, 2.75) is 37.9 Å². The molecule has 3 rings (SSSR count). The molecular formula is C18H23N3O4. The monoisotopic (exact) mass is 345 g/mol. The molecule has 1 saturated carbocycles. The van der Waals surface area contributed by atoms with Gasteiger partial charge in [-0.15, -0.1) is 0 Å². The molecule has 0 saturated heterocycles. The molecule has 1 aliphatic rings. The normalized spacial score (nSPS) is 23.2. The van der Waals surface area contributed by atoms with Crippen molar-refractivity contribution in [2.24, 2.45) is 17.6 Å². The minimum Gasteiger partial charge on any atom is -0.481 e. The lowest BCUT2D eigenvalue weighted by Gasteiger charge is -2.32. The number of aliphatic hydroxyl groups is 2. The summed E-state index contributed by atoms with van der Waals surface area (Å²) >= 11 is 0. The average molecular weight is 345 g/mol. The molecule has 25 heavy (non-hydrogen) atoms. The predicted octanol–water partition coefficient (Wildman–Crippen LogP) is 1.32. The summed E-state index contributed by atoms with van der Waals surface area (Å²) in [6.45, 7) is 0. The Bertz CT molecular complexity index is 759. The molecule has 7 nitrogen and oxygen atoms in total. The zero-order valence-electron chi connectivity index (χ0n) is 14.1. The lowest BCUT2D eigenvalue weighted by Crippen LogP contribution is -2.34. The first-order valence-corrected chi connectivity index (χ1v) is 8.46. The lowest BCUT2D eigenvalue weighted by atomic mass is 9.77. The molecule has 2 aromatic rings. The number of aliphatic hydroxyl groups excluding tert-OH is 2. The van der Waals surface area contributed by atoms with Crippen molar-refractivity contribution in [3.8, 4) is 5.88 Å². The number of nitrogens with zero attached hydrogens (tertiary/aromatic N) is 2. The van der Waals surface area contributed by atoms with E-state index in [9.17, 15) is 15.0 Å². The third-order valence-electron chi connectivity index (χ3n) is 5.10. The van der Waals surface area contributed by atoms with Gasteiger partial charge in [0.05, 0.1) is 24.2 Å². The fraction of sp³-hybridized carbons (Fsp3) is 0.500. The molecule has 2 atom stereocenters. The van der Waals surface area contributed by atoms with Crippen LogP contribution in [0.15, 0.2) is 24.4 Å². The Morgan fingerprint density at radius 1 is 1.24 bits per heavy atom. The van der Waals surface area contributed by atoms with Gasteiger partial charge in [0.2, 0.25) is 11.8 Å². The highest BCUT2D eigenvalue weighted by atomic mass is 16.5. The number of fused-ring (bicyclic) bond motifs is 1. The Morgan fingerprint density at radius 3 is 2.60 bits per heavy atom. The minimum absolute atomic E-state index is 0.0839. The number of methoxy groups -OCH3 is 1. The smallest absolute Gasteiger partial charge is 0.220 e. The molecule has 0 bridgehead atoms. The second-order valence-corrected chi connectivity index (χ2v) is 6.57. The number of aromatic nitrogens is 2. The predicted molar refractivity (Wildman–Crippen MR) is 91.7 cm³/mol. The highest BCUT2D eigenvalue weighted by molar-refractivity contribution is 5.78. The van der Waals surface area contributed by atoms with Crippen molar-refractivity contribution < 1.29 is 19.7 Å². The lowest BCUT2D eigenvalue weighted by molar-refractivity contribution is -0.123. The van der Waals surface area contributed by atoms with Crippen LogP contribution in [0.5, 0.6) is 5.88 Å². The number of amides is 1. The zero-order valence-corrected chi connectivity index (χ0v) is 14.1. The second-order valence-electron chi connectivity index (χ2n) is 6.57. The average Bonchev–Trinajstić information content (AvgIpc) is 2.66. The van der Waals surface area contributed by atoms with Gasteiger partial charge in [0.15, 0.2) is 0 Å². The molecule has 1 fully saturated rings. The van der Waals surface area contributed by atoms with Crippen LogP contribution in [0.4, 0.5) is 0 Å². The number of carbonyl (C=O) groups excluding carboxylic acids is 1. The first-order valence-electron chi connectivity index (χ1n) is 8.46. The fourth-order valence-electron chi connectivity index (χ4n) is 3.57. The van der Waals surface area contributed by atoms with E-state index in [0.29, 0.717) is 48.2 Å². The van der Waals surface area contributed by atoms with Gasteiger partial charge in [0, 0.05) is 23.7 Å². The van der Waals surface area contributed by atoms with Gasteiger partial charge >= 0.3 is 0 Å². The first kappa shape index (κ1) is 17.6. The minimum atomic E-state index is -1.08. The van der Waals surface area contributed by atoms with E-state index in [1.165, 1.54) is 7.11 Å². The van der Waals surface area contributed by atoms with Crippen LogP contribution in [-0.2, 0) is 4.79 Å². The summed E-state index contributed by atoms with van der Waals surface area (Å²) < 4.78 is 5.14. The number of ether oxygens (including phenoxy) is 1. The molecule has 0 unspecified atom stereocenters. The molecule has 0 radical (unpaired) electrons. The Morgan fingerprint density at radius 2 is 1.96 bits per heavy atom. The maximum absolute atomic E-state index is 11.3. The highest BCUT2D eigenvalue weighted by Gasteiger charge is 2.33. The first-order chi connectivity index (χ1) is 12.0. The van der Waals surface area contributed by atoms with Crippen molar-refractivity contribution in [1.82, 2.24) is 9.97 Å². The number of pyridine rings is 2. The molecular weight excluding hydrogens is 322 g/mol. The summed E-state index contributed by atoms with van der Waals surface area (Å²) in [6, 6.07) is 5.13. The summed E-state index contributed by atoms with van der Waals surface area (Å²) in [7, 11) is 1.52. The van der Waals surface area contributed by atoms with Crippen LogP contribution in [0.1, 0.15) is 37.4 Å². The van der Waals surface area contributed by atoms with E-state index >= 15 is 0 Å². The van der Waals surface area contributed by atoms with Gasteiger partial charge in [0.25, 0.3) is 0 Å². The van der Waals surface area contributed by atoms with Crippen LogP contribution in [0.2, 0.25) is 0 Å². The Hall–Kier alpha value is -2.25. The number of primary amides is 1. The van der Waals surface area contributed by atoms with Crippen molar-refractivity contribution in [1.29, 1.82) is 0 Å². The van der Waals surface area contributed by atoms with Gasteiger partial charge in [-0.05, 0) is 43.7 Å². The van der Waals surface area contributed by atoms with E-state index in [1.54, 1.807) is 24.4 Å². The van der Waals surface area contributed by atoms with Crippen LogP contribution in [-0.4, -0.2) is 39.3 Å². The molecule has 0 aromatic carbocycles. The second kappa shape index (κ2) is 7.33. The summed E-state index contributed by atoms with van der Waals surface area (Å²) in [6.07, 6.45) is 2.18. The van der Waals surface area contributed by atoms with E-state index in [1.807, 2.05) is 0 Å². The van der Waals surface area contributed by atoms with Gasteiger partial charge in [0.1, 0.15) is 6.10 Å². The van der Waals surface area contributed by atoms with Crippen molar-refractivity contribution in [3.63, 3.8) is 0 Å². The quantitative estimate of drug-likeness (QED) is 0.752. The highest BCUT2D eigenvalue weighted by Crippen LogP contribution is 2.36. The Balaban J connectivity index is 1.82. The number of hydrogen-bond donors (Lipinski definition) is 3. The standard InChI is InChI=1S/C18H23N3O4/c1-25-14-7-6-13-15(21-14)12(8-9-20-13)17(23)16(22)10-2-4-11(5-3-10)18(19)24/h6-11,16-17,22-23H,2-5H2,1H3,(H2,19,24)/t10?,11?,16-,17-/m1/s1. The number of rotatable bonds is 5. The third kappa shape index (κ3) is 3.57. The summed E-state index contributed by atoms with van der Waals surface area (Å²) in [5.41, 5.74) is 7.01. The van der Waals surface area contributed by atoms with Gasteiger partial charge in [-0.1, -0.05) is 0 Å². The molecule has 2 aromatic heterocycles. The maximum Gasteiger partial charge on any atom is 0.220 e. The summed E-state index contributed by atoms with van der Waals surface area (Å²) in [4.78, 5) is 19.9. The van der Waals surface area contributed by atoms with Gasteiger partial charge in [-0.3, -0.25) is 9.78 Å². The SMILES string of the molecule is COc1ccc2nccc([C@@H](O)[C@H](O)C3CCC(C(N)=O)CC3)c2n1. The number of nitrogens with two attached hydrogens (primary N) is 1. The number of carbonyl (C=O) groups is 1. The van der Waals surface area contributed by atoms with Gasteiger partial charge < -0.3 is 20.7 Å². The van der Waals surface area contributed by atoms with Crippen LogP contribution in [0.25, 0.3) is 11.0 Å². The topological polar surface area (TPSA) is 119 Å². The molecule has 1 aliphatic carbocycles. The van der Waals surface area contributed by atoms with Crippen molar-refractivity contribution in [3.05, 3.63) is 30.0 Å².